The van der Waals surface area contributed by atoms with Gasteiger partial charge in [-0.15, -0.1) is 0 Å². The van der Waals surface area contributed by atoms with Crippen LogP contribution in [0.25, 0.3) is 0 Å². The Balaban J connectivity index is 1.82. The van der Waals surface area contributed by atoms with Crippen LogP contribution in [0.3, 0.4) is 0 Å². The molecule has 0 radical (unpaired) electrons. The van der Waals surface area contributed by atoms with Crippen molar-refractivity contribution in [1.29, 1.82) is 0 Å². The molecule has 0 saturated carbocycles. The van der Waals surface area contributed by atoms with Crippen molar-refractivity contribution in [2.75, 3.05) is 13.6 Å². The fourth-order valence-electron chi connectivity index (χ4n) is 2.07. The van der Waals surface area contributed by atoms with Gasteiger partial charge in [0, 0.05) is 31.0 Å². The van der Waals surface area contributed by atoms with Crippen LogP contribution in [0, 0.1) is 0 Å². The quantitative estimate of drug-likeness (QED) is 0.875. The zero-order chi connectivity index (χ0) is 16.8. The minimum atomic E-state index is -2.67. The number of halogens is 3. The minimum absolute atomic E-state index is 0.000336. The highest BCUT2D eigenvalue weighted by Crippen LogP contribution is 2.13. The number of hydrogen-bond donors (Lipinski definition) is 1. The van der Waals surface area contributed by atoms with Crippen molar-refractivity contribution in [2.24, 2.45) is 0 Å². The van der Waals surface area contributed by atoms with Crippen molar-refractivity contribution in [2.45, 2.75) is 19.5 Å². The molecule has 1 aromatic carbocycles. The average Bonchev–Trinajstić information content (AvgIpc) is 2.95. The number of imidazole rings is 1. The maximum Gasteiger partial charge on any atom is 0.319 e. The number of aromatic nitrogens is 2. The molecule has 5 nitrogen and oxygen atoms in total. The van der Waals surface area contributed by atoms with Crippen molar-refractivity contribution in [3.8, 4) is 0 Å². The predicted octanol–water partition coefficient (Wildman–Crippen LogP) is 3.32. The van der Waals surface area contributed by atoms with E-state index in [-0.39, 0.29) is 18.4 Å². The summed E-state index contributed by atoms with van der Waals surface area (Å²) in [7, 11) is 1.53. The maximum absolute atomic E-state index is 12.7. The number of benzene rings is 1. The molecule has 23 heavy (non-hydrogen) atoms. The molecule has 0 saturated heterocycles. The molecule has 8 heteroatoms. The van der Waals surface area contributed by atoms with Gasteiger partial charge in [-0.1, -0.05) is 23.7 Å². The van der Waals surface area contributed by atoms with Gasteiger partial charge in [-0.05, 0) is 24.1 Å². The van der Waals surface area contributed by atoms with E-state index in [2.05, 4.69) is 10.3 Å². The number of urea groups is 1. The van der Waals surface area contributed by atoms with E-state index in [0.717, 1.165) is 10.1 Å². The smallest absolute Gasteiger partial charge is 0.319 e. The standard InChI is InChI=1S/C15H17ClF2N4O/c1-21(10-13-19-7-8-22(13)14(17)18)15(23)20-6-5-11-3-2-4-12(16)9-11/h2-4,7-9,14H,5-6,10H2,1H3,(H,20,23). The third kappa shape index (κ3) is 4.92. The number of alkyl halides is 2. The topological polar surface area (TPSA) is 50.2 Å². The molecule has 2 aromatic rings. The van der Waals surface area contributed by atoms with Crippen molar-refractivity contribution >= 4 is 17.6 Å². The lowest BCUT2D eigenvalue weighted by atomic mass is 10.1. The summed E-state index contributed by atoms with van der Waals surface area (Å²) in [6.45, 7) is -2.25. The summed E-state index contributed by atoms with van der Waals surface area (Å²) in [5, 5.41) is 3.37. The lowest BCUT2D eigenvalue weighted by Crippen LogP contribution is -2.38. The molecule has 0 aliphatic heterocycles. The van der Waals surface area contributed by atoms with Crippen LogP contribution in [0.5, 0.6) is 0 Å². The highest BCUT2D eigenvalue weighted by molar-refractivity contribution is 6.30. The van der Waals surface area contributed by atoms with Crippen LogP contribution in [-0.4, -0.2) is 34.1 Å². The van der Waals surface area contributed by atoms with Gasteiger partial charge in [0.1, 0.15) is 5.82 Å². The first-order valence-corrected chi connectivity index (χ1v) is 7.38. The predicted molar refractivity (Wildman–Crippen MR) is 83.5 cm³/mol. The van der Waals surface area contributed by atoms with Gasteiger partial charge < -0.3 is 10.2 Å². The lowest BCUT2D eigenvalue weighted by molar-refractivity contribution is 0.0651. The molecule has 0 atom stereocenters. The summed E-state index contributed by atoms with van der Waals surface area (Å²) in [5.41, 5.74) is 1.01. The Morgan fingerprint density at radius 2 is 2.26 bits per heavy atom. The number of nitrogens with one attached hydrogen (secondary N) is 1. The van der Waals surface area contributed by atoms with Crippen molar-refractivity contribution < 1.29 is 13.6 Å². The van der Waals surface area contributed by atoms with E-state index in [4.69, 9.17) is 11.6 Å². The van der Waals surface area contributed by atoms with E-state index in [1.54, 1.807) is 6.07 Å². The summed E-state index contributed by atoms with van der Waals surface area (Å²) >= 11 is 5.89. The Kier molecular flexibility index (Phi) is 5.92. The van der Waals surface area contributed by atoms with Gasteiger partial charge in [-0.2, -0.15) is 8.78 Å². The van der Waals surface area contributed by atoms with Gasteiger partial charge in [0.05, 0.1) is 6.54 Å². The first-order valence-electron chi connectivity index (χ1n) is 7.00. The van der Waals surface area contributed by atoms with E-state index in [1.165, 1.54) is 24.3 Å². The molecule has 0 bridgehead atoms. The van der Waals surface area contributed by atoms with Gasteiger partial charge >= 0.3 is 12.6 Å². The van der Waals surface area contributed by atoms with E-state index in [1.807, 2.05) is 18.2 Å². The molecule has 1 N–H and O–H groups in total. The average molecular weight is 343 g/mol. The van der Waals surface area contributed by atoms with Crippen LogP contribution in [0.1, 0.15) is 17.9 Å². The van der Waals surface area contributed by atoms with Gasteiger partial charge in [-0.3, -0.25) is 4.57 Å². The second-order valence-electron chi connectivity index (χ2n) is 5.00. The summed E-state index contributed by atoms with van der Waals surface area (Å²) in [5.74, 6) is 0.132. The fourth-order valence-corrected chi connectivity index (χ4v) is 2.28. The number of carbonyl (C=O) groups is 1. The highest BCUT2D eigenvalue weighted by Gasteiger charge is 2.15. The van der Waals surface area contributed by atoms with Gasteiger partial charge in [0.2, 0.25) is 0 Å². The highest BCUT2D eigenvalue weighted by atomic mass is 35.5. The summed E-state index contributed by atoms with van der Waals surface area (Å²) in [6, 6.07) is 7.02. The van der Waals surface area contributed by atoms with E-state index in [0.29, 0.717) is 18.0 Å². The molecule has 0 fully saturated rings. The normalized spacial score (nSPS) is 10.8. The van der Waals surface area contributed by atoms with Gasteiger partial charge in [-0.25, -0.2) is 9.78 Å². The van der Waals surface area contributed by atoms with Crippen molar-refractivity contribution in [3.63, 3.8) is 0 Å². The first kappa shape index (κ1) is 17.2. The number of carbonyl (C=O) groups excluding carboxylic acids is 1. The lowest BCUT2D eigenvalue weighted by Gasteiger charge is -2.18. The SMILES string of the molecule is CN(Cc1nccn1C(F)F)C(=O)NCCc1cccc(Cl)c1. The minimum Gasteiger partial charge on any atom is -0.338 e. The number of nitrogens with zero attached hydrogens (tertiary/aromatic N) is 3. The summed E-state index contributed by atoms with van der Waals surface area (Å²) in [4.78, 5) is 17.1. The van der Waals surface area contributed by atoms with Crippen LogP contribution < -0.4 is 5.32 Å². The fraction of sp³-hybridized carbons (Fsp3) is 0.333. The molecule has 0 aliphatic carbocycles. The number of rotatable bonds is 6. The second kappa shape index (κ2) is 7.92. The molecule has 1 heterocycles. The van der Waals surface area contributed by atoms with Gasteiger partial charge in [0.25, 0.3) is 0 Å². The molecule has 0 unspecified atom stereocenters. The Morgan fingerprint density at radius 3 is 2.96 bits per heavy atom. The second-order valence-corrected chi connectivity index (χ2v) is 5.43. The van der Waals surface area contributed by atoms with Crippen LogP contribution in [0.15, 0.2) is 36.7 Å². The molecule has 1 aromatic heterocycles. The zero-order valence-corrected chi connectivity index (χ0v) is 13.3. The first-order chi connectivity index (χ1) is 11.0. The van der Waals surface area contributed by atoms with Crippen LogP contribution in [0.2, 0.25) is 5.02 Å². The van der Waals surface area contributed by atoms with E-state index in [9.17, 15) is 13.6 Å². The molecular weight excluding hydrogens is 326 g/mol. The van der Waals surface area contributed by atoms with E-state index >= 15 is 0 Å². The maximum atomic E-state index is 12.7. The zero-order valence-electron chi connectivity index (χ0n) is 12.5. The summed E-state index contributed by atoms with van der Waals surface area (Å²) in [6.07, 6.45) is 3.10. The Labute approximate surface area is 137 Å². The third-order valence-corrected chi connectivity index (χ3v) is 3.50. The third-order valence-electron chi connectivity index (χ3n) is 3.26. The Morgan fingerprint density at radius 1 is 1.48 bits per heavy atom. The molecular formula is C15H17ClF2N4O. The Hall–Kier alpha value is -2.15. The Bertz CT molecular complexity index is 662. The molecule has 0 spiro atoms. The van der Waals surface area contributed by atoms with Crippen molar-refractivity contribution in [3.05, 3.63) is 53.1 Å². The monoisotopic (exact) mass is 342 g/mol. The van der Waals surface area contributed by atoms with Gasteiger partial charge in [0.15, 0.2) is 0 Å². The molecule has 0 aliphatic rings. The number of hydrogen-bond acceptors (Lipinski definition) is 2. The van der Waals surface area contributed by atoms with Crippen molar-refractivity contribution in [1.82, 2.24) is 19.8 Å². The summed E-state index contributed by atoms with van der Waals surface area (Å²) < 4.78 is 26.2. The largest absolute Gasteiger partial charge is 0.338 e. The van der Waals surface area contributed by atoms with E-state index < -0.39 is 6.55 Å². The molecule has 2 rings (SSSR count). The van der Waals surface area contributed by atoms with Crippen LogP contribution >= 0.6 is 11.6 Å². The molecule has 124 valence electrons. The van der Waals surface area contributed by atoms with Crippen LogP contribution in [-0.2, 0) is 13.0 Å². The molecule has 2 amide bonds. The van der Waals surface area contributed by atoms with Crippen LogP contribution in [0.4, 0.5) is 13.6 Å². The number of amides is 2.